The molecule has 0 saturated carbocycles. The molecule has 1 rings (SSSR count). The van der Waals surface area contributed by atoms with Crippen LogP contribution in [0.1, 0.15) is 6.42 Å². The van der Waals surface area contributed by atoms with Crippen LogP contribution in [0.4, 0.5) is 0 Å². The first-order valence-electron chi connectivity index (χ1n) is 2.61. The molecule has 0 radical (unpaired) electrons. The lowest BCUT2D eigenvalue weighted by Gasteiger charge is -2.07. The Labute approximate surface area is 48.3 Å². The van der Waals surface area contributed by atoms with Gasteiger partial charge >= 0.3 is 0 Å². The van der Waals surface area contributed by atoms with E-state index in [0.717, 1.165) is 0 Å². The second-order valence-corrected chi connectivity index (χ2v) is 1.91. The largest absolute Gasteiger partial charge is 0.512 e. The topological polar surface area (TPSA) is 46.2 Å². The second-order valence-electron chi connectivity index (χ2n) is 1.91. The van der Waals surface area contributed by atoms with E-state index in [2.05, 4.69) is 0 Å². The molecule has 0 fully saturated rings. The average molecular weight is 111 g/mol. The van der Waals surface area contributed by atoms with E-state index in [4.69, 9.17) is 10.8 Å². The number of nitrogens with two attached hydrogens (primary N) is 1. The van der Waals surface area contributed by atoms with Crippen LogP contribution in [0.15, 0.2) is 24.0 Å². The molecule has 44 valence electrons. The van der Waals surface area contributed by atoms with Gasteiger partial charge < -0.3 is 10.8 Å². The Morgan fingerprint density at radius 3 is 2.88 bits per heavy atom. The van der Waals surface area contributed by atoms with E-state index in [9.17, 15) is 0 Å². The van der Waals surface area contributed by atoms with E-state index < -0.39 is 0 Å². The van der Waals surface area contributed by atoms with Crippen molar-refractivity contribution in [2.45, 2.75) is 12.5 Å². The molecule has 0 bridgehead atoms. The molecule has 3 N–H and O–H groups in total. The van der Waals surface area contributed by atoms with Crippen molar-refractivity contribution in [2.75, 3.05) is 0 Å². The average Bonchev–Trinajstić information content (AvgIpc) is 1.64. The van der Waals surface area contributed by atoms with Crippen LogP contribution in [0.3, 0.4) is 0 Å². The Kier molecular flexibility index (Phi) is 1.35. The standard InChI is InChI=1S/C6H9NO/c7-5-2-1-3-6(8)4-5/h1-3,5,8H,4,7H2. The van der Waals surface area contributed by atoms with Crippen LogP contribution in [0.5, 0.6) is 0 Å². The molecule has 0 heterocycles. The third kappa shape index (κ3) is 1.10. The SMILES string of the molecule is NC1C=CC=C(O)C1. The lowest BCUT2D eigenvalue weighted by atomic mass is 10.1. The number of aliphatic hydroxyl groups is 1. The van der Waals surface area contributed by atoms with Crippen molar-refractivity contribution in [3.8, 4) is 0 Å². The molecular weight excluding hydrogens is 102 g/mol. The van der Waals surface area contributed by atoms with Crippen molar-refractivity contribution >= 4 is 0 Å². The fourth-order valence-corrected chi connectivity index (χ4v) is 0.687. The van der Waals surface area contributed by atoms with Crippen LogP contribution in [-0.2, 0) is 0 Å². The van der Waals surface area contributed by atoms with Crippen molar-refractivity contribution in [1.29, 1.82) is 0 Å². The molecule has 0 spiro atoms. The molecule has 2 nitrogen and oxygen atoms in total. The number of hydrogen-bond donors (Lipinski definition) is 2. The molecule has 1 unspecified atom stereocenters. The van der Waals surface area contributed by atoms with Gasteiger partial charge in [-0.2, -0.15) is 0 Å². The summed E-state index contributed by atoms with van der Waals surface area (Å²) in [5.74, 6) is 0.375. The quantitative estimate of drug-likeness (QED) is 0.483. The summed E-state index contributed by atoms with van der Waals surface area (Å²) < 4.78 is 0. The summed E-state index contributed by atoms with van der Waals surface area (Å²) in [7, 11) is 0. The molecule has 1 atom stereocenters. The number of hydrogen-bond acceptors (Lipinski definition) is 2. The molecule has 0 amide bonds. The van der Waals surface area contributed by atoms with Crippen molar-refractivity contribution in [1.82, 2.24) is 0 Å². The van der Waals surface area contributed by atoms with E-state index in [1.807, 2.05) is 6.08 Å². The predicted octanol–water partition coefficient (Wildman–Crippen LogP) is 0.716. The fraction of sp³-hybridized carbons (Fsp3) is 0.333. The zero-order chi connectivity index (χ0) is 5.98. The van der Waals surface area contributed by atoms with Gasteiger partial charge in [-0.05, 0) is 6.08 Å². The zero-order valence-electron chi connectivity index (χ0n) is 4.54. The van der Waals surface area contributed by atoms with Crippen LogP contribution in [0.2, 0.25) is 0 Å². The molecule has 8 heavy (non-hydrogen) atoms. The lowest BCUT2D eigenvalue weighted by Crippen LogP contribution is -2.18. The summed E-state index contributed by atoms with van der Waals surface area (Å²) in [6.45, 7) is 0. The molecule has 0 aromatic heterocycles. The van der Waals surface area contributed by atoms with Gasteiger partial charge in [0, 0.05) is 12.5 Å². The van der Waals surface area contributed by atoms with Crippen LogP contribution >= 0.6 is 0 Å². The third-order valence-electron chi connectivity index (χ3n) is 1.09. The molecule has 1 aliphatic rings. The summed E-state index contributed by atoms with van der Waals surface area (Å²) in [4.78, 5) is 0. The fourth-order valence-electron chi connectivity index (χ4n) is 0.687. The Hall–Kier alpha value is -0.760. The zero-order valence-corrected chi connectivity index (χ0v) is 4.54. The van der Waals surface area contributed by atoms with Gasteiger partial charge in [0.1, 0.15) is 0 Å². The highest BCUT2D eigenvalue weighted by Gasteiger charge is 2.02. The smallest absolute Gasteiger partial charge is 0.0941 e. The minimum atomic E-state index is 0.0139. The lowest BCUT2D eigenvalue weighted by molar-refractivity contribution is 0.380. The number of rotatable bonds is 0. The van der Waals surface area contributed by atoms with Gasteiger partial charge in [-0.1, -0.05) is 12.2 Å². The second kappa shape index (κ2) is 2.01. The van der Waals surface area contributed by atoms with E-state index >= 15 is 0 Å². The highest BCUT2D eigenvalue weighted by atomic mass is 16.3. The maximum atomic E-state index is 8.81. The summed E-state index contributed by atoms with van der Waals surface area (Å²) >= 11 is 0. The molecule has 2 heteroatoms. The van der Waals surface area contributed by atoms with Crippen LogP contribution in [0.25, 0.3) is 0 Å². The number of aliphatic hydroxyl groups excluding tert-OH is 1. The Morgan fingerprint density at radius 2 is 2.50 bits per heavy atom. The molecule has 1 aliphatic carbocycles. The monoisotopic (exact) mass is 111 g/mol. The van der Waals surface area contributed by atoms with Gasteiger partial charge in [0.25, 0.3) is 0 Å². The third-order valence-corrected chi connectivity index (χ3v) is 1.09. The molecule has 0 aliphatic heterocycles. The van der Waals surface area contributed by atoms with Crippen LogP contribution in [0, 0.1) is 0 Å². The summed E-state index contributed by atoms with van der Waals surface area (Å²) in [5.41, 5.74) is 5.44. The Morgan fingerprint density at radius 1 is 1.75 bits per heavy atom. The van der Waals surface area contributed by atoms with Crippen molar-refractivity contribution in [3.63, 3.8) is 0 Å². The first-order chi connectivity index (χ1) is 3.79. The highest BCUT2D eigenvalue weighted by Crippen LogP contribution is 2.06. The van der Waals surface area contributed by atoms with Gasteiger partial charge in [0.2, 0.25) is 0 Å². The van der Waals surface area contributed by atoms with Crippen molar-refractivity contribution in [3.05, 3.63) is 24.0 Å². The van der Waals surface area contributed by atoms with Gasteiger partial charge in [-0.15, -0.1) is 0 Å². The van der Waals surface area contributed by atoms with E-state index in [1.165, 1.54) is 0 Å². The summed E-state index contributed by atoms with van der Waals surface area (Å²) in [6, 6.07) is 0.0139. The molecule has 0 saturated heterocycles. The normalized spacial score (nSPS) is 27.6. The minimum absolute atomic E-state index is 0.0139. The van der Waals surface area contributed by atoms with Crippen molar-refractivity contribution in [2.24, 2.45) is 5.73 Å². The van der Waals surface area contributed by atoms with Gasteiger partial charge in [-0.3, -0.25) is 0 Å². The Bertz CT molecular complexity index is 137. The summed E-state index contributed by atoms with van der Waals surface area (Å²) in [6.07, 6.45) is 5.86. The highest BCUT2D eigenvalue weighted by molar-refractivity contribution is 5.16. The number of allylic oxidation sites excluding steroid dienone is 2. The summed E-state index contributed by atoms with van der Waals surface area (Å²) in [5, 5.41) is 8.81. The van der Waals surface area contributed by atoms with Crippen LogP contribution < -0.4 is 5.73 Å². The first kappa shape index (κ1) is 5.38. The van der Waals surface area contributed by atoms with Gasteiger partial charge in [0.05, 0.1) is 5.76 Å². The minimum Gasteiger partial charge on any atom is -0.512 e. The maximum Gasteiger partial charge on any atom is 0.0941 e. The molecule has 0 aromatic rings. The van der Waals surface area contributed by atoms with Crippen molar-refractivity contribution < 1.29 is 5.11 Å². The van der Waals surface area contributed by atoms with Crippen LogP contribution in [-0.4, -0.2) is 11.1 Å². The van der Waals surface area contributed by atoms with E-state index in [1.54, 1.807) is 12.2 Å². The Balaban J connectivity index is 2.59. The van der Waals surface area contributed by atoms with E-state index in [0.29, 0.717) is 12.2 Å². The van der Waals surface area contributed by atoms with E-state index in [-0.39, 0.29) is 6.04 Å². The predicted molar refractivity (Wildman–Crippen MR) is 32.4 cm³/mol. The molecular formula is C6H9NO. The maximum absolute atomic E-state index is 8.81. The van der Waals surface area contributed by atoms with Gasteiger partial charge in [0.15, 0.2) is 0 Å². The first-order valence-corrected chi connectivity index (χ1v) is 2.61. The van der Waals surface area contributed by atoms with Gasteiger partial charge in [-0.25, -0.2) is 0 Å². The molecule has 0 aromatic carbocycles.